The predicted octanol–water partition coefficient (Wildman–Crippen LogP) is 5.53. The number of likely N-dealkylation sites (tertiary alicyclic amines) is 2. The number of nitrogens with zero attached hydrogens (tertiary/aromatic N) is 2. The zero-order valence-electron chi connectivity index (χ0n) is 21.8. The van der Waals surface area contributed by atoms with Gasteiger partial charge in [0, 0.05) is 38.6 Å². The third-order valence-corrected chi connectivity index (χ3v) is 8.95. The molecule has 202 valence electrons. The van der Waals surface area contributed by atoms with Crippen LogP contribution in [0.1, 0.15) is 46.3 Å². The number of halogens is 2. The van der Waals surface area contributed by atoms with Gasteiger partial charge in [-0.1, -0.05) is 78.3 Å². The van der Waals surface area contributed by atoms with Crippen LogP contribution < -0.4 is 5.32 Å². The van der Waals surface area contributed by atoms with Crippen LogP contribution in [0, 0.1) is 23.6 Å². The van der Waals surface area contributed by atoms with Gasteiger partial charge in [0.1, 0.15) is 5.82 Å². The number of amides is 2. The maximum Gasteiger partial charge on any atom is 0.258 e. The van der Waals surface area contributed by atoms with Gasteiger partial charge < -0.3 is 15.1 Å². The SMILES string of the molecule is O=C(N[C@@H](CCN1CC2CN(C(=O)c3c(F)cccc3Cl)CC2C1)c1ccccc1)[C@@H]1C[C@H]1c1ccccc1. The van der Waals surface area contributed by atoms with Crippen LogP contribution in [0.5, 0.6) is 0 Å². The number of hydrogen-bond donors (Lipinski definition) is 1. The number of carbonyl (C=O) groups is 2. The van der Waals surface area contributed by atoms with E-state index >= 15 is 0 Å². The van der Waals surface area contributed by atoms with E-state index in [2.05, 4.69) is 34.5 Å². The van der Waals surface area contributed by atoms with Crippen LogP contribution in [-0.4, -0.2) is 54.3 Å². The highest BCUT2D eigenvalue weighted by atomic mass is 35.5. The first kappa shape index (κ1) is 26.0. The maximum absolute atomic E-state index is 14.3. The molecule has 1 saturated carbocycles. The van der Waals surface area contributed by atoms with Gasteiger partial charge in [-0.15, -0.1) is 0 Å². The van der Waals surface area contributed by atoms with E-state index in [-0.39, 0.29) is 34.4 Å². The Morgan fingerprint density at radius 1 is 0.897 bits per heavy atom. The zero-order chi connectivity index (χ0) is 26.9. The van der Waals surface area contributed by atoms with Crippen molar-refractivity contribution < 1.29 is 14.0 Å². The summed E-state index contributed by atoms with van der Waals surface area (Å²) in [7, 11) is 0. The number of rotatable bonds is 8. The molecule has 5 nitrogen and oxygen atoms in total. The third-order valence-electron chi connectivity index (χ3n) is 8.63. The largest absolute Gasteiger partial charge is 0.349 e. The van der Waals surface area contributed by atoms with Crippen molar-refractivity contribution in [3.05, 3.63) is 106 Å². The minimum absolute atomic E-state index is 0.0254. The zero-order valence-corrected chi connectivity index (χ0v) is 22.6. The molecular weight excluding hydrogens is 513 g/mol. The summed E-state index contributed by atoms with van der Waals surface area (Å²) in [6.45, 7) is 3.89. The second-order valence-electron chi connectivity index (χ2n) is 11.2. The van der Waals surface area contributed by atoms with Crippen molar-refractivity contribution in [2.45, 2.75) is 24.8 Å². The molecule has 2 saturated heterocycles. The number of nitrogens with one attached hydrogen (secondary N) is 1. The Balaban J connectivity index is 1.04. The van der Waals surface area contributed by atoms with E-state index in [0.717, 1.165) is 38.0 Å². The summed E-state index contributed by atoms with van der Waals surface area (Å²) in [5, 5.41) is 3.51. The van der Waals surface area contributed by atoms with E-state index in [4.69, 9.17) is 11.6 Å². The van der Waals surface area contributed by atoms with Gasteiger partial charge in [0.05, 0.1) is 16.6 Å². The Kier molecular flexibility index (Phi) is 7.41. The van der Waals surface area contributed by atoms with Gasteiger partial charge in [0.25, 0.3) is 5.91 Å². The first-order chi connectivity index (χ1) is 19.0. The average Bonchev–Trinajstić information content (AvgIpc) is 3.52. The lowest BCUT2D eigenvalue weighted by Crippen LogP contribution is -2.36. The van der Waals surface area contributed by atoms with Crippen molar-refractivity contribution in [2.24, 2.45) is 17.8 Å². The molecule has 7 heteroatoms. The van der Waals surface area contributed by atoms with Crippen LogP contribution in [0.3, 0.4) is 0 Å². The average molecular weight is 546 g/mol. The fraction of sp³-hybridized carbons (Fsp3) is 0.375. The molecule has 39 heavy (non-hydrogen) atoms. The Hall–Kier alpha value is -3.22. The van der Waals surface area contributed by atoms with Gasteiger partial charge in [-0.3, -0.25) is 9.59 Å². The standard InChI is InChI=1S/C32H33ClFN3O2/c33-27-12-7-13-28(34)30(27)32(39)37-19-23-17-36(18-24(23)20-37)15-14-29(22-10-5-2-6-11-22)35-31(38)26-16-25(26)21-8-3-1-4-9-21/h1-13,23-26,29H,14-20H2,(H,35,38)/t23?,24?,25-,26+,29-/m0/s1. The first-order valence-electron chi connectivity index (χ1n) is 13.8. The van der Waals surface area contributed by atoms with Gasteiger partial charge in [0.15, 0.2) is 0 Å². The number of fused-ring (bicyclic) bond motifs is 1. The molecule has 6 rings (SSSR count). The van der Waals surface area contributed by atoms with E-state index in [1.165, 1.54) is 17.7 Å². The Morgan fingerprint density at radius 3 is 2.23 bits per heavy atom. The van der Waals surface area contributed by atoms with Crippen molar-refractivity contribution in [3.8, 4) is 0 Å². The van der Waals surface area contributed by atoms with E-state index in [1.54, 1.807) is 11.0 Å². The van der Waals surface area contributed by atoms with Crippen LogP contribution in [0.4, 0.5) is 4.39 Å². The summed E-state index contributed by atoms with van der Waals surface area (Å²) in [5.41, 5.74) is 2.34. The number of carbonyl (C=O) groups excluding carboxylic acids is 2. The second kappa shape index (κ2) is 11.1. The van der Waals surface area contributed by atoms with E-state index in [1.807, 2.05) is 36.4 Å². The number of benzene rings is 3. The molecule has 2 heterocycles. The smallest absolute Gasteiger partial charge is 0.258 e. The fourth-order valence-corrected chi connectivity index (χ4v) is 6.69. The Bertz CT molecular complexity index is 1300. The quantitative estimate of drug-likeness (QED) is 0.405. The highest BCUT2D eigenvalue weighted by Crippen LogP contribution is 2.47. The van der Waals surface area contributed by atoms with Crippen LogP contribution >= 0.6 is 11.6 Å². The number of hydrogen-bond acceptors (Lipinski definition) is 3. The Morgan fingerprint density at radius 2 is 1.56 bits per heavy atom. The second-order valence-corrected chi connectivity index (χ2v) is 11.6. The highest BCUT2D eigenvalue weighted by molar-refractivity contribution is 6.33. The molecule has 3 aromatic rings. The molecule has 0 aromatic heterocycles. The summed E-state index contributed by atoms with van der Waals surface area (Å²) in [5.74, 6) is 0.324. The van der Waals surface area contributed by atoms with Crippen molar-refractivity contribution in [3.63, 3.8) is 0 Å². The van der Waals surface area contributed by atoms with Crippen LogP contribution in [0.25, 0.3) is 0 Å². The lowest BCUT2D eigenvalue weighted by molar-refractivity contribution is -0.123. The maximum atomic E-state index is 14.3. The highest BCUT2D eigenvalue weighted by Gasteiger charge is 2.45. The van der Waals surface area contributed by atoms with Gasteiger partial charge >= 0.3 is 0 Å². The van der Waals surface area contributed by atoms with Crippen molar-refractivity contribution in [1.29, 1.82) is 0 Å². The van der Waals surface area contributed by atoms with E-state index in [9.17, 15) is 14.0 Å². The molecule has 3 fully saturated rings. The van der Waals surface area contributed by atoms with Gasteiger partial charge in [-0.05, 0) is 53.9 Å². The summed E-state index contributed by atoms with van der Waals surface area (Å²) in [6, 6.07) is 24.8. The van der Waals surface area contributed by atoms with Crippen molar-refractivity contribution in [2.75, 3.05) is 32.7 Å². The lowest BCUT2D eigenvalue weighted by Gasteiger charge is -2.25. The molecule has 0 spiro atoms. The minimum atomic E-state index is -0.568. The molecule has 3 aliphatic rings. The summed E-state index contributed by atoms with van der Waals surface area (Å²) < 4.78 is 14.3. The first-order valence-corrected chi connectivity index (χ1v) is 14.2. The topological polar surface area (TPSA) is 52.7 Å². The summed E-state index contributed by atoms with van der Waals surface area (Å²) >= 11 is 6.14. The normalized spacial score (nSPS) is 24.8. The molecule has 0 bridgehead atoms. The van der Waals surface area contributed by atoms with Crippen LogP contribution in [-0.2, 0) is 4.79 Å². The van der Waals surface area contributed by atoms with Crippen molar-refractivity contribution >= 4 is 23.4 Å². The summed E-state index contributed by atoms with van der Waals surface area (Å²) in [4.78, 5) is 30.4. The lowest BCUT2D eigenvalue weighted by atomic mass is 10.0. The van der Waals surface area contributed by atoms with E-state index < -0.39 is 5.82 Å². The monoisotopic (exact) mass is 545 g/mol. The molecule has 2 unspecified atom stereocenters. The van der Waals surface area contributed by atoms with Crippen molar-refractivity contribution in [1.82, 2.24) is 15.1 Å². The molecule has 2 aliphatic heterocycles. The summed E-state index contributed by atoms with van der Waals surface area (Å²) in [6.07, 6.45) is 1.73. The van der Waals surface area contributed by atoms with E-state index in [0.29, 0.717) is 30.8 Å². The predicted molar refractivity (Wildman–Crippen MR) is 150 cm³/mol. The third kappa shape index (κ3) is 5.59. The van der Waals surface area contributed by atoms with Crippen LogP contribution in [0.2, 0.25) is 5.02 Å². The van der Waals surface area contributed by atoms with Gasteiger partial charge in [0.2, 0.25) is 5.91 Å². The molecule has 2 amide bonds. The molecule has 1 N–H and O–H groups in total. The minimum Gasteiger partial charge on any atom is -0.349 e. The van der Waals surface area contributed by atoms with Gasteiger partial charge in [-0.2, -0.15) is 0 Å². The molecule has 1 aliphatic carbocycles. The molecule has 5 atom stereocenters. The molecule has 0 radical (unpaired) electrons. The molecular formula is C32H33ClFN3O2. The fourth-order valence-electron chi connectivity index (χ4n) is 6.45. The molecule has 3 aromatic carbocycles. The van der Waals surface area contributed by atoms with Gasteiger partial charge in [-0.25, -0.2) is 4.39 Å². The van der Waals surface area contributed by atoms with Crippen LogP contribution in [0.15, 0.2) is 78.9 Å². The Labute approximate surface area is 233 Å².